The second-order valence-electron chi connectivity index (χ2n) is 8.81. The summed E-state index contributed by atoms with van der Waals surface area (Å²) in [6.45, 7) is 3.67. The van der Waals surface area contributed by atoms with Gasteiger partial charge in [-0.05, 0) is 25.8 Å². The summed E-state index contributed by atoms with van der Waals surface area (Å²) in [6, 6.07) is 3.59. The van der Waals surface area contributed by atoms with Crippen LogP contribution in [0, 0.1) is 18.3 Å². The number of nitrogens with one attached hydrogen (secondary N) is 1. The van der Waals surface area contributed by atoms with E-state index in [2.05, 4.69) is 29.5 Å². The highest BCUT2D eigenvalue weighted by molar-refractivity contribution is 7.89. The van der Waals surface area contributed by atoms with Gasteiger partial charge in [0.25, 0.3) is 6.43 Å². The molecule has 0 aromatic carbocycles. The number of rotatable bonds is 6. The van der Waals surface area contributed by atoms with Gasteiger partial charge in [-0.3, -0.25) is 4.40 Å². The molecule has 0 saturated heterocycles. The van der Waals surface area contributed by atoms with E-state index in [-0.39, 0.29) is 15.7 Å². The summed E-state index contributed by atoms with van der Waals surface area (Å²) in [5.41, 5.74) is 1.06. The highest BCUT2D eigenvalue weighted by Crippen LogP contribution is 2.38. The summed E-state index contributed by atoms with van der Waals surface area (Å²) in [5, 5.41) is 16.5. The lowest BCUT2D eigenvalue weighted by Gasteiger charge is -2.31. The molecule has 4 aromatic rings. The third-order valence-corrected chi connectivity index (χ3v) is 8.87. The van der Waals surface area contributed by atoms with Crippen molar-refractivity contribution in [2.24, 2.45) is 0 Å². The van der Waals surface area contributed by atoms with Gasteiger partial charge >= 0.3 is 0 Å². The van der Waals surface area contributed by atoms with E-state index in [4.69, 9.17) is 0 Å². The van der Waals surface area contributed by atoms with Crippen LogP contribution in [0.5, 0.6) is 0 Å². The molecule has 2 aliphatic rings. The average molecular weight is 532 g/mol. The lowest BCUT2D eigenvalue weighted by Crippen LogP contribution is -2.36. The molecule has 1 saturated carbocycles. The fraction of sp³-hybridized carbons (Fsp3) is 0.381. The van der Waals surface area contributed by atoms with Gasteiger partial charge in [-0.25, -0.2) is 27.2 Å². The lowest BCUT2D eigenvalue weighted by molar-refractivity contribution is 0.150. The van der Waals surface area contributed by atoms with Crippen molar-refractivity contribution in [3.05, 3.63) is 41.2 Å². The molecule has 0 spiro atoms. The molecule has 0 unspecified atom stereocenters. The van der Waals surface area contributed by atoms with Crippen LogP contribution >= 0.6 is 11.3 Å². The number of imidazole rings is 2. The van der Waals surface area contributed by atoms with Gasteiger partial charge in [0.15, 0.2) is 15.8 Å². The van der Waals surface area contributed by atoms with Gasteiger partial charge in [0.2, 0.25) is 10.0 Å². The molecule has 11 nitrogen and oxygen atoms in total. The fourth-order valence-electron chi connectivity index (χ4n) is 4.35. The van der Waals surface area contributed by atoms with Crippen molar-refractivity contribution >= 4 is 32.6 Å². The topological polar surface area (TPSA) is 134 Å². The molecular formula is C21H19F2N9O2S2. The zero-order chi connectivity index (χ0) is 25.2. The number of hydrogen-bond acceptors (Lipinski definition) is 9. The Hall–Kier alpha value is -3.48. The van der Waals surface area contributed by atoms with Crippen molar-refractivity contribution in [3.63, 3.8) is 0 Å². The highest BCUT2D eigenvalue weighted by atomic mass is 32.2. The largest absolute Gasteiger partial charge is 0.362 e. The number of nitrogens with zero attached hydrogens (tertiary/aromatic N) is 8. The summed E-state index contributed by atoms with van der Waals surface area (Å²) in [4.78, 5) is 10.7. The first kappa shape index (κ1) is 23.0. The van der Waals surface area contributed by atoms with Crippen LogP contribution in [0.25, 0.3) is 16.3 Å². The van der Waals surface area contributed by atoms with Crippen molar-refractivity contribution in [3.8, 4) is 16.9 Å². The number of fused-ring (bicyclic) bond motifs is 2. The normalized spacial score (nSPS) is 16.9. The fourth-order valence-corrected chi connectivity index (χ4v) is 6.44. The Morgan fingerprint density at radius 3 is 2.72 bits per heavy atom. The molecule has 5 heterocycles. The van der Waals surface area contributed by atoms with E-state index < -0.39 is 27.0 Å². The van der Waals surface area contributed by atoms with Crippen LogP contribution < -0.4 is 9.62 Å². The van der Waals surface area contributed by atoms with Crippen molar-refractivity contribution in [1.82, 2.24) is 33.9 Å². The number of nitriles is 1. The first-order valence-electron chi connectivity index (χ1n) is 11.0. The van der Waals surface area contributed by atoms with Crippen LogP contribution in [0.4, 0.5) is 14.5 Å². The van der Waals surface area contributed by atoms with Gasteiger partial charge in [0.1, 0.15) is 16.3 Å². The molecule has 0 radical (unpaired) electrons. The van der Waals surface area contributed by atoms with Crippen LogP contribution in [-0.2, 0) is 23.1 Å². The first-order valence-corrected chi connectivity index (χ1v) is 13.3. The van der Waals surface area contributed by atoms with Gasteiger partial charge < -0.3 is 9.47 Å². The first-order chi connectivity index (χ1) is 17.2. The van der Waals surface area contributed by atoms with Crippen molar-refractivity contribution in [2.75, 3.05) is 11.4 Å². The Morgan fingerprint density at radius 2 is 2.03 bits per heavy atom. The van der Waals surface area contributed by atoms with Crippen LogP contribution in [0.2, 0.25) is 0 Å². The van der Waals surface area contributed by atoms with E-state index in [1.165, 1.54) is 10.6 Å². The number of halogens is 2. The lowest BCUT2D eigenvalue weighted by atomic mass is 10.2. The molecule has 1 aliphatic heterocycles. The SMILES string of the molecule is Cc1ncc2n1CCN(c1cc(S(=O)(=O)NC3(C#N)CC3)cn3c(-c4nnc(C(F)F)s4)ncc13)C2. The molecule has 6 rings (SSSR count). The minimum Gasteiger partial charge on any atom is -0.362 e. The summed E-state index contributed by atoms with van der Waals surface area (Å²) >= 11 is 0.697. The van der Waals surface area contributed by atoms with Crippen LogP contribution in [-0.4, -0.2) is 49.6 Å². The van der Waals surface area contributed by atoms with E-state index in [0.29, 0.717) is 55.0 Å². The number of hydrogen-bond donors (Lipinski definition) is 1. The van der Waals surface area contributed by atoms with E-state index in [1.54, 1.807) is 18.5 Å². The van der Waals surface area contributed by atoms with Crippen LogP contribution in [0.1, 0.15) is 35.8 Å². The zero-order valence-corrected chi connectivity index (χ0v) is 20.5. The van der Waals surface area contributed by atoms with Gasteiger partial charge in [-0.1, -0.05) is 11.3 Å². The Kier molecular flexibility index (Phi) is 5.11. The second kappa shape index (κ2) is 8.02. The Morgan fingerprint density at radius 1 is 1.22 bits per heavy atom. The Labute approximate surface area is 208 Å². The monoisotopic (exact) mass is 531 g/mol. The molecule has 0 bridgehead atoms. The number of pyridine rings is 1. The average Bonchev–Trinajstić information content (AvgIpc) is 3.21. The zero-order valence-electron chi connectivity index (χ0n) is 18.9. The molecular weight excluding hydrogens is 512 g/mol. The van der Waals surface area contributed by atoms with Gasteiger partial charge in [0.05, 0.1) is 41.9 Å². The van der Waals surface area contributed by atoms with Crippen molar-refractivity contribution in [2.45, 2.75) is 49.7 Å². The number of sulfonamides is 1. The predicted octanol–water partition coefficient (Wildman–Crippen LogP) is 2.65. The minimum atomic E-state index is -4.08. The van der Waals surface area contributed by atoms with E-state index >= 15 is 0 Å². The van der Waals surface area contributed by atoms with E-state index in [9.17, 15) is 22.5 Å². The Balaban J connectivity index is 1.50. The minimum absolute atomic E-state index is 0.0698. The number of alkyl halides is 2. The van der Waals surface area contributed by atoms with Gasteiger partial charge in [-0.2, -0.15) is 9.98 Å². The highest BCUT2D eigenvalue weighted by Gasteiger charge is 2.47. The quantitative estimate of drug-likeness (QED) is 0.401. The molecule has 1 fully saturated rings. The molecule has 1 N–H and O–H groups in total. The van der Waals surface area contributed by atoms with E-state index in [0.717, 1.165) is 11.5 Å². The molecule has 4 aromatic heterocycles. The number of aromatic nitrogens is 6. The maximum Gasteiger partial charge on any atom is 0.291 e. The third-order valence-electron chi connectivity index (χ3n) is 6.44. The molecule has 0 amide bonds. The van der Waals surface area contributed by atoms with Crippen molar-refractivity contribution < 1.29 is 17.2 Å². The Bertz CT molecular complexity index is 1650. The summed E-state index contributed by atoms with van der Waals surface area (Å²) in [5.74, 6) is 1.10. The molecule has 15 heteroatoms. The predicted molar refractivity (Wildman–Crippen MR) is 125 cm³/mol. The molecule has 1 aliphatic carbocycles. The second-order valence-corrected chi connectivity index (χ2v) is 11.5. The maximum absolute atomic E-state index is 13.3. The molecule has 0 atom stereocenters. The smallest absolute Gasteiger partial charge is 0.291 e. The molecule has 186 valence electrons. The van der Waals surface area contributed by atoms with Gasteiger partial charge in [0, 0.05) is 19.3 Å². The maximum atomic E-state index is 13.3. The van der Waals surface area contributed by atoms with E-state index in [1.807, 2.05) is 17.9 Å². The standard InChI is InChI=1S/C21H19F2N9O2S2/c1-12-25-7-13-9-30(4-5-31(12)13)15-6-14(36(33,34)29-21(11-24)2-3-21)10-32-16(15)8-26-18(32)20-28-27-19(35-20)17(22)23/h6-8,10,17,29H,2-5,9H2,1H3. The van der Waals surface area contributed by atoms with Crippen LogP contribution in [0.15, 0.2) is 29.6 Å². The number of aryl methyl sites for hydroxylation is 1. The van der Waals surface area contributed by atoms with Gasteiger partial charge in [-0.15, -0.1) is 10.2 Å². The van der Waals surface area contributed by atoms with Crippen LogP contribution in [0.3, 0.4) is 0 Å². The molecule has 36 heavy (non-hydrogen) atoms. The summed E-state index contributed by atoms with van der Waals surface area (Å²) in [7, 11) is -4.08. The summed E-state index contributed by atoms with van der Waals surface area (Å²) < 4.78 is 59.1. The number of anilines is 1. The third kappa shape index (κ3) is 3.72. The van der Waals surface area contributed by atoms with Crippen molar-refractivity contribution in [1.29, 1.82) is 5.26 Å². The summed E-state index contributed by atoms with van der Waals surface area (Å²) in [6.07, 6.45) is 2.82.